The third-order valence-electron chi connectivity index (χ3n) is 7.58. The molecule has 4 heterocycles. The molecule has 2 saturated heterocycles. The van der Waals surface area contributed by atoms with Crippen LogP contribution in [0.1, 0.15) is 44.2 Å². The van der Waals surface area contributed by atoms with Crippen LogP contribution in [-0.2, 0) is 0 Å². The summed E-state index contributed by atoms with van der Waals surface area (Å²) in [6.45, 7) is 4.32. The van der Waals surface area contributed by atoms with Gasteiger partial charge in [0.1, 0.15) is 5.69 Å². The van der Waals surface area contributed by atoms with Crippen LogP contribution < -0.4 is 9.80 Å². The zero-order chi connectivity index (χ0) is 24.2. The summed E-state index contributed by atoms with van der Waals surface area (Å²) in [7, 11) is 0. The van der Waals surface area contributed by atoms with Crippen molar-refractivity contribution in [3.63, 3.8) is 0 Å². The first-order valence-electron chi connectivity index (χ1n) is 12.2. The minimum Gasteiger partial charge on any atom is -0.415 e. The van der Waals surface area contributed by atoms with Crippen molar-refractivity contribution < 1.29 is 13.2 Å². The Kier molecular flexibility index (Phi) is 5.54. The molecule has 6 rings (SSSR count). The quantitative estimate of drug-likeness (QED) is 0.406. The zero-order valence-corrected chi connectivity index (χ0v) is 21.2. The second-order valence-corrected chi connectivity index (χ2v) is 11.0. The number of benzene rings is 1. The molecule has 184 valence electrons. The van der Waals surface area contributed by atoms with Gasteiger partial charge in [0.15, 0.2) is 0 Å². The fraction of sp³-hybridized carbons (Fsp3) is 0.520. The van der Waals surface area contributed by atoms with Gasteiger partial charge in [-0.25, -0.2) is 18.7 Å². The zero-order valence-electron chi connectivity index (χ0n) is 19.6. The summed E-state index contributed by atoms with van der Waals surface area (Å²) in [5, 5.41) is 8.63. The Hall–Kier alpha value is -2.62. The number of rotatable bonds is 4. The molecular formula is C25H27BrF2N6O. The van der Waals surface area contributed by atoms with Crippen molar-refractivity contribution >= 4 is 27.6 Å². The Morgan fingerprint density at radius 1 is 0.857 bits per heavy atom. The second-order valence-electron chi connectivity index (χ2n) is 10.1. The van der Waals surface area contributed by atoms with Crippen molar-refractivity contribution in [2.24, 2.45) is 5.41 Å². The first-order valence-corrected chi connectivity index (χ1v) is 13.0. The summed E-state index contributed by atoms with van der Waals surface area (Å²) in [6.07, 6.45) is 4.76. The summed E-state index contributed by atoms with van der Waals surface area (Å²) >= 11 is 3.61. The minimum absolute atomic E-state index is 0.200. The predicted octanol–water partition coefficient (Wildman–Crippen LogP) is 5.88. The highest BCUT2D eigenvalue weighted by atomic mass is 79.9. The fourth-order valence-corrected chi connectivity index (χ4v) is 5.47. The topological polar surface area (TPSA) is 71.2 Å². The molecule has 3 fully saturated rings. The van der Waals surface area contributed by atoms with Gasteiger partial charge in [0.25, 0.3) is 11.8 Å². The number of aryl methyl sites for hydroxylation is 1. The average Bonchev–Trinajstić information content (AvgIpc) is 3.39. The molecule has 0 N–H and O–H groups in total. The molecule has 7 nitrogen and oxygen atoms in total. The first-order chi connectivity index (χ1) is 16.8. The normalized spacial score (nSPS) is 20.9. The summed E-state index contributed by atoms with van der Waals surface area (Å²) in [6, 6.07) is 7.88. The van der Waals surface area contributed by atoms with Crippen LogP contribution in [0.4, 0.5) is 20.4 Å². The van der Waals surface area contributed by atoms with Gasteiger partial charge in [0, 0.05) is 49.2 Å². The molecule has 35 heavy (non-hydrogen) atoms. The summed E-state index contributed by atoms with van der Waals surface area (Å²) in [5.41, 5.74) is 3.78. The van der Waals surface area contributed by atoms with Crippen molar-refractivity contribution in [2.45, 2.75) is 51.4 Å². The van der Waals surface area contributed by atoms with E-state index in [9.17, 15) is 8.78 Å². The van der Waals surface area contributed by atoms with E-state index in [2.05, 4.69) is 47.1 Å². The van der Waals surface area contributed by atoms with E-state index in [1.807, 2.05) is 19.1 Å². The Morgan fingerprint density at radius 2 is 1.54 bits per heavy atom. The molecule has 0 unspecified atom stereocenters. The maximum absolute atomic E-state index is 13.6. The number of halogens is 3. The highest BCUT2D eigenvalue weighted by molar-refractivity contribution is 9.10. The molecule has 2 aromatic heterocycles. The van der Waals surface area contributed by atoms with Gasteiger partial charge in [-0.05, 0) is 62.3 Å². The summed E-state index contributed by atoms with van der Waals surface area (Å²) in [4.78, 5) is 13.3. The van der Waals surface area contributed by atoms with Gasteiger partial charge in [0.05, 0.1) is 11.3 Å². The highest BCUT2D eigenvalue weighted by Gasteiger charge is 2.44. The van der Waals surface area contributed by atoms with Gasteiger partial charge >= 0.3 is 0 Å². The monoisotopic (exact) mass is 544 g/mol. The third-order valence-corrected chi connectivity index (χ3v) is 8.07. The van der Waals surface area contributed by atoms with Crippen LogP contribution >= 0.6 is 15.9 Å². The molecule has 3 aliphatic rings. The molecule has 2 aliphatic heterocycles. The standard InChI is InChI=1S/C25H27BrF2N6O/c1-16-14-19(30-23(29-16)34-12-8-25(27,28)9-13-34)22-32-31-21(35-22)18-3-2-17(26)15-20(18)33-10-6-24(4-5-24)7-11-33/h2-3,14-15H,4-13H2,1H3. The van der Waals surface area contributed by atoms with Gasteiger partial charge in [-0.15, -0.1) is 10.2 Å². The van der Waals surface area contributed by atoms with Gasteiger partial charge in [-0.2, -0.15) is 0 Å². The van der Waals surface area contributed by atoms with E-state index in [0.717, 1.165) is 28.8 Å². The van der Waals surface area contributed by atoms with Crippen LogP contribution in [0.2, 0.25) is 0 Å². The second kappa shape index (κ2) is 8.50. The van der Waals surface area contributed by atoms with E-state index in [1.165, 1.54) is 25.7 Å². The first kappa shape index (κ1) is 22.8. The molecule has 3 aromatic rings. The van der Waals surface area contributed by atoms with Crippen LogP contribution in [0.3, 0.4) is 0 Å². The number of anilines is 2. The Bertz CT molecular complexity index is 1240. The van der Waals surface area contributed by atoms with Crippen LogP contribution in [0.25, 0.3) is 23.0 Å². The van der Waals surface area contributed by atoms with E-state index in [4.69, 9.17) is 4.42 Å². The van der Waals surface area contributed by atoms with Crippen molar-refractivity contribution in [1.82, 2.24) is 20.2 Å². The third kappa shape index (κ3) is 4.64. The lowest BCUT2D eigenvalue weighted by atomic mass is 9.93. The van der Waals surface area contributed by atoms with Crippen LogP contribution in [0.5, 0.6) is 0 Å². The number of aromatic nitrogens is 4. The number of piperidine rings is 2. The van der Waals surface area contributed by atoms with Crippen LogP contribution in [0, 0.1) is 12.3 Å². The van der Waals surface area contributed by atoms with Gasteiger partial charge in [0.2, 0.25) is 11.8 Å². The Labute approximate surface area is 211 Å². The molecule has 1 aromatic carbocycles. The van der Waals surface area contributed by atoms with Crippen molar-refractivity contribution in [1.29, 1.82) is 0 Å². The smallest absolute Gasteiger partial charge is 0.266 e. The van der Waals surface area contributed by atoms with Crippen LogP contribution in [0.15, 0.2) is 33.2 Å². The molecular weight excluding hydrogens is 518 g/mol. The molecule has 1 saturated carbocycles. The van der Waals surface area contributed by atoms with E-state index >= 15 is 0 Å². The maximum Gasteiger partial charge on any atom is 0.266 e. The van der Waals surface area contributed by atoms with Crippen LogP contribution in [-0.4, -0.2) is 52.3 Å². The van der Waals surface area contributed by atoms with Gasteiger partial charge in [-0.1, -0.05) is 15.9 Å². The van der Waals surface area contributed by atoms with Crippen molar-refractivity contribution in [3.05, 3.63) is 34.4 Å². The number of hydrogen-bond acceptors (Lipinski definition) is 7. The number of alkyl halides is 2. The average molecular weight is 545 g/mol. The largest absolute Gasteiger partial charge is 0.415 e. The fourth-order valence-electron chi connectivity index (χ4n) is 5.12. The van der Waals surface area contributed by atoms with E-state index in [0.29, 0.717) is 34.5 Å². The lowest BCUT2D eigenvalue weighted by Gasteiger charge is -2.34. The van der Waals surface area contributed by atoms with Gasteiger partial charge in [-0.3, -0.25) is 0 Å². The lowest BCUT2D eigenvalue weighted by Crippen LogP contribution is -2.40. The minimum atomic E-state index is -2.62. The molecule has 10 heteroatoms. The van der Waals surface area contributed by atoms with Gasteiger partial charge < -0.3 is 14.2 Å². The molecule has 0 atom stereocenters. The summed E-state index contributed by atoms with van der Waals surface area (Å²) in [5.74, 6) is -1.48. The Morgan fingerprint density at radius 3 is 2.26 bits per heavy atom. The maximum atomic E-state index is 13.6. The molecule has 1 aliphatic carbocycles. The van der Waals surface area contributed by atoms with E-state index in [1.54, 1.807) is 11.0 Å². The predicted molar refractivity (Wildman–Crippen MR) is 133 cm³/mol. The van der Waals surface area contributed by atoms with Crippen molar-refractivity contribution in [2.75, 3.05) is 36.0 Å². The molecule has 0 radical (unpaired) electrons. The highest BCUT2D eigenvalue weighted by Crippen LogP contribution is 2.54. The van der Waals surface area contributed by atoms with E-state index in [-0.39, 0.29) is 25.9 Å². The SMILES string of the molecule is Cc1cc(-c2nnc(-c3ccc(Br)cc3N3CCC4(CC3)CC4)o2)nc(N2CCC(F)(F)CC2)n1. The molecule has 0 bridgehead atoms. The Balaban J connectivity index is 1.28. The lowest BCUT2D eigenvalue weighted by molar-refractivity contribution is -0.0222. The summed E-state index contributed by atoms with van der Waals surface area (Å²) < 4.78 is 34.3. The number of nitrogens with zero attached hydrogens (tertiary/aromatic N) is 6. The van der Waals surface area contributed by atoms with E-state index < -0.39 is 5.92 Å². The molecule has 1 spiro atoms. The van der Waals surface area contributed by atoms with Crippen molar-refractivity contribution in [3.8, 4) is 23.0 Å². The number of hydrogen-bond donors (Lipinski definition) is 0. The molecule has 0 amide bonds.